The number of carbonyl (C=O) groups excluding carboxylic acids is 1. The summed E-state index contributed by atoms with van der Waals surface area (Å²) in [6.07, 6.45) is 2.74. The summed E-state index contributed by atoms with van der Waals surface area (Å²) in [5.41, 5.74) is 0.828. The van der Waals surface area contributed by atoms with Crippen molar-refractivity contribution in [2.75, 3.05) is 6.61 Å². The first-order valence-electron chi connectivity index (χ1n) is 5.23. The van der Waals surface area contributed by atoms with E-state index >= 15 is 0 Å². The zero-order valence-corrected chi connectivity index (χ0v) is 11.0. The molecule has 3 heteroatoms. The zero-order valence-electron chi connectivity index (χ0n) is 10.0. The molecule has 82 valence electrons. The van der Waals surface area contributed by atoms with E-state index in [2.05, 4.69) is 19.6 Å². The van der Waals surface area contributed by atoms with Crippen LogP contribution in [0.1, 0.15) is 20.3 Å². The van der Waals surface area contributed by atoms with Crippen molar-refractivity contribution >= 4 is 14.0 Å². The Balaban J connectivity index is 4.12. The maximum absolute atomic E-state index is 11.4. The molecule has 0 bridgehead atoms. The van der Waals surface area contributed by atoms with Gasteiger partial charge in [-0.3, -0.25) is 0 Å². The Labute approximate surface area is 88.4 Å². The van der Waals surface area contributed by atoms with Crippen molar-refractivity contribution in [1.29, 1.82) is 0 Å². The van der Waals surface area contributed by atoms with Crippen molar-refractivity contribution in [2.24, 2.45) is 0 Å². The summed E-state index contributed by atoms with van der Waals surface area (Å²) in [5.74, 6) is -0.145. The molecule has 0 saturated heterocycles. The third-order valence-corrected chi connectivity index (χ3v) is 3.78. The third-order valence-electron chi connectivity index (χ3n) is 2.03. The monoisotopic (exact) mass is 214 g/mol. The van der Waals surface area contributed by atoms with Gasteiger partial charge in [0.1, 0.15) is 0 Å². The van der Waals surface area contributed by atoms with E-state index in [4.69, 9.17) is 4.74 Å². The van der Waals surface area contributed by atoms with Gasteiger partial charge in [0.2, 0.25) is 0 Å². The van der Waals surface area contributed by atoms with Gasteiger partial charge in [0, 0.05) is 13.6 Å². The van der Waals surface area contributed by atoms with Gasteiger partial charge in [0.15, 0.2) is 0 Å². The molecule has 0 atom stereocenters. The molecule has 0 saturated carbocycles. The van der Waals surface area contributed by atoms with Crippen molar-refractivity contribution in [3.63, 3.8) is 0 Å². The minimum absolute atomic E-state index is 0.145. The van der Waals surface area contributed by atoms with E-state index in [0.29, 0.717) is 6.61 Å². The largest absolute Gasteiger partial charge is 0.463 e. The predicted molar refractivity (Wildman–Crippen MR) is 63.2 cm³/mol. The normalized spacial score (nSPS) is 12.8. The van der Waals surface area contributed by atoms with Gasteiger partial charge in [-0.15, -0.1) is 0 Å². The minimum atomic E-state index is -1.05. The molecule has 2 nitrogen and oxygen atoms in total. The van der Waals surface area contributed by atoms with E-state index in [-0.39, 0.29) is 5.97 Å². The molecule has 0 radical (unpaired) electrons. The molecule has 0 aromatic carbocycles. The number of carbonyl (C=O) groups is 1. The molecule has 14 heavy (non-hydrogen) atoms. The van der Waals surface area contributed by atoms with Gasteiger partial charge in [-0.25, -0.2) is 4.79 Å². The van der Waals surface area contributed by atoms with Crippen LogP contribution in [0.3, 0.4) is 0 Å². The van der Waals surface area contributed by atoms with Crippen LogP contribution in [0.15, 0.2) is 11.6 Å². The van der Waals surface area contributed by atoms with Crippen molar-refractivity contribution in [3.8, 4) is 0 Å². The number of rotatable bonds is 5. The number of esters is 1. The molecule has 0 rings (SSSR count). The van der Waals surface area contributed by atoms with E-state index in [1.165, 1.54) is 0 Å². The quantitative estimate of drug-likeness (QED) is 0.399. The second-order valence-corrected chi connectivity index (χ2v) is 10.2. The first-order valence-corrected chi connectivity index (χ1v) is 8.93. The molecule has 0 spiro atoms. The van der Waals surface area contributed by atoms with Gasteiger partial charge in [-0.2, -0.15) is 0 Å². The summed E-state index contributed by atoms with van der Waals surface area (Å²) in [6.45, 7) is 11.1. The number of ether oxygens (including phenoxy) is 1. The smallest absolute Gasteiger partial charge is 0.333 e. The first-order chi connectivity index (χ1) is 6.40. The topological polar surface area (TPSA) is 26.3 Å². The Morgan fingerprint density at radius 1 is 1.36 bits per heavy atom. The fourth-order valence-electron chi connectivity index (χ4n) is 1.10. The van der Waals surface area contributed by atoms with Crippen LogP contribution in [0.4, 0.5) is 0 Å². The molecule has 0 unspecified atom stereocenters. The Hall–Kier alpha value is -0.573. The van der Waals surface area contributed by atoms with E-state index < -0.39 is 8.07 Å². The lowest BCUT2D eigenvalue weighted by molar-refractivity contribution is -0.138. The van der Waals surface area contributed by atoms with Crippen LogP contribution in [-0.4, -0.2) is 20.7 Å². The van der Waals surface area contributed by atoms with Gasteiger partial charge in [0.25, 0.3) is 0 Å². The van der Waals surface area contributed by atoms with Crippen LogP contribution < -0.4 is 0 Å². The number of allylic oxidation sites excluding steroid dienone is 1. The highest BCUT2D eigenvalue weighted by molar-refractivity contribution is 6.76. The highest BCUT2D eigenvalue weighted by Crippen LogP contribution is 2.16. The Morgan fingerprint density at radius 2 is 1.93 bits per heavy atom. The van der Waals surface area contributed by atoms with Gasteiger partial charge in [0.05, 0.1) is 6.61 Å². The minimum Gasteiger partial charge on any atom is -0.463 e. The van der Waals surface area contributed by atoms with Crippen LogP contribution in [0.25, 0.3) is 0 Å². The fraction of sp³-hybridized carbons (Fsp3) is 0.727. The van der Waals surface area contributed by atoms with Gasteiger partial charge in [-0.1, -0.05) is 31.8 Å². The summed E-state index contributed by atoms with van der Waals surface area (Å²) in [4.78, 5) is 11.4. The van der Waals surface area contributed by atoms with Crippen molar-refractivity contribution in [2.45, 2.75) is 46.0 Å². The molecule has 0 aromatic heterocycles. The van der Waals surface area contributed by atoms with E-state index in [1.807, 2.05) is 19.9 Å². The van der Waals surface area contributed by atoms with Gasteiger partial charge < -0.3 is 4.74 Å². The van der Waals surface area contributed by atoms with Crippen molar-refractivity contribution < 1.29 is 9.53 Å². The molecule has 0 heterocycles. The molecule has 0 aliphatic heterocycles. The van der Waals surface area contributed by atoms with Crippen LogP contribution in [-0.2, 0) is 9.53 Å². The summed E-state index contributed by atoms with van der Waals surface area (Å²) in [6, 6.07) is 1.14. The summed E-state index contributed by atoms with van der Waals surface area (Å²) in [7, 11) is -1.05. The number of hydrogen-bond acceptors (Lipinski definition) is 2. The lowest BCUT2D eigenvalue weighted by Gasteiger charge is -2.16. The van der Waals surface area contributed by atoms with E-state index in [0.717, 1.165) is 18.0 Å². The van der Waals surface area contributed by atoms with Crippen LogP contribution in [0.5, 0.6) is 0 Å². The molecular weight excluding hydrogens is 192 g/mol. The average Bonchev–Trinajstić information content (AvgIpc) is 2.03. The molecule has 0 aliphatic rings. The SMILES string of the molecule is C/C=C(/CC[Si](C)(C)C)C(=O)OCC. The predicted octanol–water partition coefficient (Wildman–Crippen LogP) is 3.22. The molecule has 0 N–H and O–H groups in total. The van der Waals surface area contributed by atoms with E-state index in [9.17, 15) is 4.79 Å². The van der Waals surface area contributed by atoms with Crippen molar-refractivity contribution in [3.05, 3.63) is 11.6 Å². The second kappa shape index (κ2) is 6.01. The molecule has 0 aliphatic carbocycles. The standard InChI is InChI=1S/C11H22O2Si/c1-6-10(11(12)13-7-2)8-9-14(3,4)5/h6H,7-9H2,1-5H3/b10-6-. The summed E-state index contributed by atoms with van der Waals surface area (Å²) in [5, 5.41) is 0. The molecule has 0 fully saturated rings. The van der Waals surface area contributed by atoms with E-state index in [1.54, 1.807) is 0 Å². The zero-order chi connectivity index (χ0) is 11.2. The highest BCUT2D eigenvalue weighted by atomic mass is 28.3. The highest BCUT2D eigenvalue weighted by Gasteiger charge is 2.16. The van der Waals surface area contributed by atoms with Crippen molar-refractivity contribution in [1.82, 2.24) is 0 Å². The van der Waals surface area contributed by atoms with Gasteiger partial charge in [-0.05, 0) is 20.3 Å². The Morgan fingerprint density at radius 3 is 2.29 bits per heavy atom. The summed E-state index contributed by atoms with van der Waals surface area (Å²) >= 11 is 0. The Kier molecular flexibility index (Phi) is 5.77. The Bertz CT molecular complexity index is 214. The lowest BCUT2D eigenvalue weighted by Crippen LogP contribution is -2.20. The third kappa shape index (κ3) is 5.97. The van der Waals surface area contributed by atoms with Crippen LogP contribution in [0.2, 0.25) is 25.7 Å². The molecule has 0 aromatic rings. The van der Waals surface area contributed by atoms with Gasteiger partial charge >= 0.3 is 5.97 Å². The maximum atomic E-state index is 11.4. The average molecular weight is 214 g/mol. The molecular formula is C11H22O2Si. The molecule has 0 amide bonds. The first kappa shape index (κ1) is 13.4. The van der Waals surface area contributed by atoms with Crippen LogP contribution >= 0.6 is 0 Å². The van der Waals surface area contributed by atoms with Crippen LogP contribution in [0, 0.1) is 0 Å². The lowest BCUT2D eigenvalue weighted by atomic mass is 10.2. The maximum Gasteiger partial charge on any atom is 0.333 e. The second-order valence-electron chi connectivity index (χ2n) is 4.60. The number of hydrogen-bond donors (Lipinski definition) is 0. The summed E-state index contributed by atoms with van der Waals surface area (Å²) < 4.78 is 4.97. The fourth-order valence-corrected chi connectivity index (χ4v) is 2.12.